The van der Waals surface area contributed by atoms with Crippen molar-refractivity contribution in [3.63, 3.8) is 0 Å². The molecule has 0 saturated heterocycles. The zero-order chi connectivity index (χ0) is 44.4. The molecule has 5 nitrogen and oxygen atoms in total. The van der Waals surface area contributed by atoms with Crippen molar-refractivity contribution in [1.29, 1.82) is 0 Å². The normalized spacial score (nSPS) is 12.0. The van der Waals surface area contributed by atoms with Crippen LogP contribution in [0.3, 0.4) is 0 Å². The number of hydrogen-bond acceptors (Lipinski definition) is 5. The highest BCUT2D eigenvalue weighted by molar-refractivity contribution is 7.16. The summed E-state index contributed by atoms with van der Waals surface area (Å²) >= 11 is 0. The lowest BCUT2D eigenvalue weighted by molar-refractivity contribution is -0.133. The first-order valence-corrected chi connectivity index (χ1v) is 29.1. The maximum Gasteiger partial charge on any atom is 0.462 e. The van der Waals surface area contributed by atoms with Gasteiger partial charge in [0.05, 0.1) is 0 Å². The van der Waals surface area contributed by atoms with Crippen LogP contribution in [0.1, 0.15) is 6.92 Å². The lowest BCUT2D eigenvalue weighted by Gasteiger charge is -2.48. The van der Waals surface area contributed by atoms with E-state index < -0.39 is 40.0 Å². The van der Waals surface area contributed by atoms with E-state index in [0.29, 0.717) is 0 Å². The molecule has 0 bridgehead atoms. The summed E-state index contributed by atoms with van der Waals surface area (Å²) in [6.45, 7) is 1.46. The molecular weight excluding hydrogens is 865 g/mol. The Kier molecular flexibility index (Phi) is 13.0. The quantitative estimate of drug-likeness (QED) is 0.0876. The first-order valence-electron chi connectivity index (χ1n) is 21.8. The first-order chi connectivity index (χ1) is 32.0. The summed E-state index contributed by atoms with van der Waals surface area (Å²) in [6, 6.07) is 93.1. The fraction of sp³-hybridized carbons (Fsp3) is 0.0179. The van der Waals surface area contributed by atoms with Crippen molar-refractivity contribution in [3.8, 4) is 0 Å². The van der Waals surface area contributed by atoms with Crippen LogP contribution in [-0.4, -0.2) is 40.0 Å². The highest BCUT2D eigenvalue weighted by atomic mass is 28.5. The lowest BCUT2D eigenvalue weighted by Crippen LogP contribution is -2.84. The second-order valence-corrected chi connectivity index (χ2v) is 28.6. The lowest BCUT2D eigenvalue weighted by atomic mass is 10.3. The summed E-state index contributed by atoms with van der Waals surface area (Å²) in [6.07, 6.45) is 0. The van der Waals surface area contributed by atoms with E-state index in [2.05, 4.69) is 164 Å². The van der Waals surface area contributed by atoms with E-state index in [0.717, 1.165) is 46.7 Å². The van der Waals surface area contributed by atoms with Crippen LogP contribution in [-0.2, 0) is 21.6 Å². The summed E-state index contributed by atoms with van der Waals surface area (Å²) < 4.78 is 32.5. The summed E-state index contributed by atoms with van der Waals surface area (Å²) in [7, 11) is -16.2. The molecule has 0 saturated carbocycles. The Morgan fingerprint density at radius 1 is 0.262 bits per heavy atom. The maximum atomic E-state index is 13.8. The van der Waals surface area contributed by atoms with Crippen molar-refractivity contribution >= 4 is 86.6 Å². The largest absolute Gasteiger partial charge is 0.488 e. The van der Waals surface area contributed by atoms with E-state index >= 15 is 0 Å². The van der Waals surface area contributed by atoms with Crippen molar-refractivity contribution < 1.29 is 21.6 Å². The molecule has 0 heterocycles. The fourth-order valence-electron chi connectivity index (χ4n) is 8.73. The molecule has 0 aliphatic heterocycles. The third kappa shape index (κ3) is 8.62. The number of hydrogen-bond donors (Lipinski definition) is 0. The average Bonchev–Trinajstić information content (AvgIpc) is 3.39. The third-order valence-electron chi connectivity index (χ3n) is 11.6. The molecule has 0 aliphatic rings. The van der Waals surface area contributed by atoms with E-state index in [1.165, 1.54) is 6.92 Å². The molecular formula is C56H48O5Si4. The zero-order valence-corrected chi connectivity index (χ0v) is 40.0. The Morgan fingerprint density at radius 2 is 0.446 bits per heavy atom. The van der Waals surface area contributed by atoms with Gasteiger partial charge in [-0.25, -0.2) is 0 Å². The Bertz CT molecular complexity index is 2670. The summed E-state index contributed by atoms with van der Waals surface area (Å²) in [5, 5.41) is 8.20. The van der Waals surface area contributed by atoms with Crippen molar-refractivity contribution in [3.05, 3.63) is 273 Å². The van der Waals surface area contributed by atoms with Crippen LogP contribution in [0.25, 0.3) is 0 Å². The van der Waals surface area contributed by atoms with Gasteiger partial charge in [-0.2, -0.15) is 0 Å². The van der Waals surface area contributed by atoms with E-state index in [4.69, 9.17) is 16.8 Å². The molecule has 0 aromatic heterocycles. The van der Waals surface area contributed by atoms with Gasteiger partial charge >= 0.3 is 25.7 Å². The molecule has 9 aromatic rings. The minimum atomic E-state index is -4.28. The van der Waals surface area contributed by atoms with Crippen LogP contribution in [0.4, 0.5) is 0 Å². The molecule has 0 amide bonds. The van der Waals surface area contributed by atoms with Crippen LogP contribution in [0, 0.1) is 0 Å². The van der Waals surface area contributed by atoms with Gasteiger partial charge in [-0.3, -0.25) is 4.79 Å². The van der Waals surface area contributed by atoms with Crippen molar-refractivity contribution in [1.82, 2.24) is 0 Å². The number of carbonyl (C=O) groups is 1. The standard InChI is InChI=1S/C56H48O5Si4/c1-47(57)58-63(51-35-17-5-18-36-51,52-37-19-6-20-38-52)60-65(55-43-25-9-26-44-55,56-45-27-10-28-46-56)61-64(53-39-21-7-22-40-53,54-41-23-8-24-42-54)59-62(48-29-11-2-12-30-48,49-31-13-3-14-32-49)50-33-15-4-16-34-50/h2-46H,1H3. The maximum absolute atomic E-state index is 13.8. The van der Waals surface area contributed by atoms with Gasteiger partial charge in [0, 0.05) is 17.3 Å². The van der Waals surface area contributed by atoms with E-state index in [1.54, 1.807) is 0 Å². The second kappa shape index (κ2) is 19.5. The van der Waals surface area contributed by atoms with E-state index in [1.807, 2.05) is 109 Å². The monoisotopic (exact) mass is 912 g/mol. The van der Waals surface area contributed by atoms with Gasteiger partial charge in [0.25, 0.3) is 14.3 Å². The Labute approximate surface area is 386 Å². The topological polar surface area (TPSA) is 54.0 Å². The highest BCUT2D eigenvalue weighted by Crippen LogP contribution is 2.27. The van der Waals surface area contributed by atoms with Gasteiger partial charge in [0.1, 0.15) is 0 Å². The highest BCUT2D eigenvalue weighted by Gasteiger charge is 2.63. The molecule has 0 fully saturated rings. The molecule has 65 heavy (non-hydrogen) atoms. The summed E-state index contributed by atoms with van der Waals surface area (Å²) in [5.74, 6) is -0.456. The van der Waals surface area contributed by atoms with Crippen LogP contribution in [0.2, 0.25) is 0 Å². The average molecular weight is 913 g/mol. The fourth-order valence-corrected chi connectivity index (χ4v) is 29.5. The van der Waals surface area contributed by atoms with Gasteiger partial charge in [-0.15, -0.1) is 0 Å². The molecule has 0 aliphatic carbocycles. The molecule has 9 rings (SSSR count). The SMILES string of the molecule is CC(=O)O[Si](O[Si](O[Si](O[Si](c1ccccc1)(c1ccccc1)c1ccccc1)(c1ccccc1)c1ccccc1)(c1ccccc1)c1ccccc1)(c1ccccc1)c1ccccc1. The molecule has 0 N–H and O–H groups in total. The molecule has 0 radical (unpaired) electrons. The minimum absolute atomic E-state index is 0.456. The van der Waals surface area contributed by atoms with Crippen molar-refractivity contribution in [2.75, 3.05) is 0 Å². The van der Waals surface area contributed by atoms with Gasteiger partial charge in [-0.05, 0) is 36.3 Å². The molecule has 0 atom stereocenters. The zero-order valence-electron chi connectivity index (χ0n) is 36.0. The van der Waals surface area contributed by atoms with Gasteiger partial charge in [0.2, 0.25) is 0 Å². The van der Waals surface area contributed by atoms with E-state index in [-0.39, 0.29) is 0 Å². The van der Waals surface area contributed by atoms with Gasteiger partial charge in [-0.1, -0.05) is 273 Å². The molecule has 0 spiro atoms. The van der Waals surface area contributed by atoms with E-state index in [9.17, 15) is 4.79 Å². The predicted molar refractivity (Wildman–Crippen MR) is 273 cm³/mol. The third-order valence-corrected chi connectivity index (χ3v) is 29.2. The van der Waals surface area contributed by atoms with Crippen LogP contribution >= 0.6 is 0 Å². The van der Waals surface area contributed by atoms with Crippen molar-refractivity contribution in [2.45, 2.75) is 6.92 Å². The Balaban J connectivity index is 1.45. The van der Waals surface area contributed by atoms with Crippen molar-refractivity contribution in [2.24, 2.45) is 0 Å². The second-order valence-electron chi connectivity index (χ2n) is 15.7. The number of rotatable bonds is 16. The van der Waals surface area contributed by atoms with Gasteiger partial charge < -0.3 is 16.8 Å². The molecule has 0 unspecified atom stereocenters. The van der Waals surface area contributed by atoms with Crippen LogP contribution in [0.15, 0.2) is 273 Å². The Hall–Kier alpha value is -6.80. The smallest absolute Gasteiger partial charge is 0.462 e. The Morgan fingerprint density at radius 3 is 0.677 bits per heavy atom. The minimum Gasteiger partial charge on any atom is -0.488 e. The molecule has 9 heteroatoms. The van der Waals surface area contributed by atoms with Crippen LogP contribution < -0.4 is 46.7 Å². The summed E-state index contributed by atoms with van der Waals surface area (Å²) in [5.41, 5.74) is 0. The first kappa shape index (κ1) is 43.4. The number of carbonyl (C=O) groups excluding carboxylic acids is 1. The summed E-state index contributed by atoms with van der Waals surface area (Å²) in [4.78, 5) is 13.8. The molecule has 318 valence electrons. The van der Waals surface area contributed by atoms with Gasteiger partial charge in [0.15, 0.2) is 0 Å². The van der Waals surface area contributed by atoms with Crippen LogP contribution in [0.5, 0.6) is 0 Å². The predicted octanol–water partition coefficient (Wildman–Crippen LogP) is 6.04. The molecule has 9 aromatic carbocycles. The number of benzene rings is 9.